The van der Waals surface area contributed by atoms with Gasteiger partial charge in [0.1, 0.15) is 5.83 Å². The Balaban J connectivity index is 3.81. The van der Waals surface area contributed by atoms with Crippen LogP contribution in [0.5, 0.6) is 0 Å². The van der Waals surface area contributed by atoms with Gasteiger partial charge < -0.3 is 0 Å². The Morgan fingerprint density at radius 3 is 2.50 bits per heavy atom. The Bertz CT molecular complexity index is 152. The molecule has 0 aliphatic carbocycles. The van der Waals surface area contributed by atoms with Crippen molar-refractivity contribution < 1.29 is 4.39 Å². The molecule has 0 N–H and O–H groups in total. The number of hydrogen-bond acceptors (Lipinski definition) is 0. The van der Waals surface area contributed by atoms with Gasteiger partial charge in [-0.2, -0.15) is 0 Å². The first-order valence-electron chi connectivity index (χ1n) is 3.33. The summed E-state index contributed by atoms with van der Waals surface area (Å²) in [5, 5.41) is 0. The van der Waals surface area contributed by atoms with Gasteiger partial charge in [-0.3, -0.25) is 0 Å². The Kier molecular flexibility index (Phi) is 4.55. The molecular formula is C9H13F. The highest BCUT2D eigenvalue weighted by Gasteiger charge is 1.82. The van der Waals surface area contributed by atoms with Gasteiger partial charge >= 0.3 is 0 Å². The maximum atomic E-state index is 12.3. The first-order valence-corrected chi connectivity index (χ1v) is 3.33. The van der Waals surface area contributed by atoms with Gasteiger partial charge in [-0.05, 0) is 18.1 Å². The van der Waals surface area contributed by atoms with E-state index in [4.69, 9.17) is 0 Å². The highest BCUT2D eigenvalue weighted by Crippen LogP contribution is 1.99. The van der Waals surface area contributed by atoms with Gasteiger partial charge in [-0.1, -0.05) is 32.6 Å². The number of hydrogen-bond donors (Lipinski definition) is 0. The van der Waals surface area contributed by atoms with Crippen LogP contribution in [0.25, 0.3) is 0 Å². The Morgan fingerprint density at radius 1 is 1.50 bits per heavy atom. The van der Waals surface area contributed by atoms with Crippen LogP contribution in [0.1, 0.15) is 13.8 Å². The number of allylic oxidation sites excluding steroid dienone is 5. The van der Waals surface area contributed by atoms with E-state index in [2.05, 4.69) is 6.58 Å². The smallest absolute Gasteiger partial charge is 0.122 e. The summed E-state index contributed by atoms with van der Waals surface area (Å²) in [6, 6.07) is 0. The molecule has 0 amide bonds. The van der Waals surface area contributed by atoms with E-state index in [0.29, 0.717) is 5.92 Å². The maximum Gasteiger partial charge on any atom is 0.122 e. The van der Waals surface area contributed by atoms with Gasteiger partial charge in [0.05, 0.1) is 0 Å². The zero-order valence-electron chi connectivity index (χ0n) is 6.47. The van der Waals surface area contributed by atoms with E-state index < -0.39 is 0 Å². The molecule has 0 saturated carbocycles. The van der Waals surface area contributed by atoms with Crippen LogP contribution in [0.15, 0.2) is 36.7 Å². The standard InChI is InChI=1S/C9H13F/c1-4-9(10)7-5-6-8(2)3/h4-8H,1H2,2-3H3/b6-5-,9-7+. The first kappa shape index (κ1) is 9.15. The van der Waals surface area contributed by atoms with Crippen molar-refractivity contribution >= 4 is 0 Å². The van der Waals surface area contributed by atoms with Crippen molar-refractivity contribution in [1.29, 1.82) is 0 Å². The topological polar surface area (TPSA) is 0 Å². The van der Waals surface area contributed by atoms with E-state index in [9.17, 15) is 4.39 Å². The first-order chi connectivity index (χ1) is 4.66. The molecule has 0 radical (unpaired) electrons. The second kappa shape index (κ2) is 4.98. The fourth-order valence-electron chi connectivity index (χ4n) is 0.438. The lowest BCUT2D eigenvalue weighted by Crippen LogP contribution is -1.74. The maximum absolute atomic E-state index is 12.3. The van der Waals surface area contributed by atoms with E-state index >= 15 is 0 Å². The highest BCUT2D eigenvalue weighted by atomic mass is 19.1. The molecule has 0 spiro atoms. The lowest BCUT2D eigenvalue weighted by molar-refractivity contribution is 0.667. The molecule has 0 aliphatic rings. The molecule has 0 bridgehead atoms. The third-order valence-electron chi connectivity index (χ3n) is 0.946. The van der Waals surface area contributed by atoms with Crippen LogP contribution in [0.3, 0.4) is 0 Å². The minimum absolute atomic E-state index is 0.295. The monoisotopic (exact) mass is 140 g/mol. The van der Waals surface area contributed by atoms with Gasteiger partial charge in [-0.25, -0.2) is 4.39 Å². The molecule has 0 atom stereocenters. The van der Waals surface area contributed by atoms with Crippen LogP contribution in [0.4, 0.5) is 4.39 Å². The molecule has 0 nitrogen and oxygen atoms in total. The summed E-state index contributed by atoms with van der Waals surface area (Å²) in [7, 11) is 0. The third-order valence-corrected chi connectivity index (χ3v) is 0.946. The SMILES string of the molecule is C=C/C(F)=C\C=C/C(C)C. The fourth-order valence-corrected chi connectivity index (χ4v) is 0.438. The summed E-state index contributed by atoms with van der Waals surface area (Å²) in [4.78, 5) is 0. The summed E-state index contributed by atoms with van der Waals surface area (Å²) in [6.07, 6.45) is 6.20. The van der Waals surface area contributed by atoms with E-state index in [0.717, 1.165) is 0 Å². The van der Waals surface area contributed by atoms with Crippen LogP contribution in [0, 0.1) is 5.92 Å². The molecule has 0 heterocycles. The Hall–Kier alpha value is -0.850. The summed E-state index contributed by atoms with van der Waals surface area (Å²) in [5.74, 6) is 0.172. The lowest BCUT2D eigenvalue weighted by Gasteiger charge is -1.89. The van der Waals surface area contributed by atoms with Crippen LogP contribution >= 0.6 is 0 Å². The number of halogens is 1. The van der Waals surface area contributed by atoms with E-state index in [1.54, 1.807) is 6.08 Å². The van der Waals surface area contributed by atoms with Crippen molar-refractivity contribution in [3.8, 4) is 0 Å². The molecule has 0 rings (SSSR count). The zero-order valence-corrected chi connectivity index (χ0v) is 6.47. The van der Waals surface area contributed by atoms with E-state index in [-0.39, 0.29) is 5.83 Å². The molecule has 0 fully saturated rings. The molecule has 10 heavy (non-hydrogen) atoms. The number of rotatable bonds is 3. The van der Waals surface area contributed by atoms with Crippen molar-refractivity contribution in [3.63, 3.8) is 0 Å². The van der Waals surface area contributed by atoms with E-state index in [1.165, 1.54) is 12.2 Å². The summed E-state index contributed by atoms with van der Waals surface area (Å²) < 4.78 is 12.3. The second-order valence-electron chi connectivity index (χ2n) is 2.38. The molecule has 0 aromatic heterocycles. The molecule has 0 aromatic carbocycles. The van der Waals surface area contributed by atoms with Gasteiger partial charge in [0, 0.05) is 0 Å². The van der Waals surface area contributed by atoms with Gasteiger partial charge in [0.15, 0.2) is 0 Å². The molecule has 0 unspecified atom stereocenters. The van der Waals surface area contributed by atoms with Crippen molar-refractivity contribution in [2.45, 2.75) is 13.8 Å². The van der Waals surface area contributed by atoms with Gasteiger partial charge in [0.25, 0.3) is 0 Å². The molecule has 0 aromatic rings. The van der Waals surface area contributed by atoms with Crippen LogP contribution in [-0.4, -0.2) is 0 Å². The largest absolute Gasteiger partial charge is 0.207 e. The highest BCUT2D eigenvalue weighted by molar-refractivity contribution is 5.15. The predicted molar refractivity (Wildman–Crippen MR) is 43.4 cm³/mol. The average molecular weight is 140 g/mol. The second-order valence-corrected chi connectivity index (χ2v) is 2.38. The van der Waals surface area contributed by atoms with Crippen molar-refractivity contribution in [3.05, 3.63) is 36.7 Å². The van der Waals surface area contributed by atoms with Crippen LogP contribution < -0.4 is 0 Å². The fraction of sp³-hybridized carbons (Fsp3) is 0.333. The van der Waals surface area contributed by atoms with Crippen molar-refractivity contribution in [1.82, 2.24) is 0 Å². The zero-order chi connectivity index (χ0) is 7.98. The van der Waals surface area contributed by atoms with Crippen molar-refractivity contribution in [2.24, 2.45) is 5.92 Å². The Labute approximate surface area is 61.8 Å². The minimum Gasteiger partial charge on any atom is -0.207 e. The predicted octanol–water partition coefficient (Wildman–Crippen LogP) is 3.24. The quantitative estimate of drug-likeness (QED) is 0.528. The van der Waals surface area contributed by atoms with Crippen molar-refractivity contribution in [2.75, 3.05) is 0 Å². The summed E-state index contributed by atoms with van der Waals surface area (Å²) >= 11 is 0. The minimum atomic E-state index is -0.295. The van der Waals surface area contributed by atoms with Crippen LogP contribution in [0.2, 0.25) is 0 Å². The molecule has 0 aliphatic heterocycles. The normalized spacial score (nSPS) is 13.0. The van der Waals surface area contributed by atoms with Crippen LogP contribution in [-0.2, 0) is 0 Å². The van der Waals surface area contributed by atoms with Gasteiger partial charge in [-0.15, -0.1) is 0 Å². The van der Waals surface area contributed by atoms with Gasteiger partial charge in [0.2, 0.25) is 0 Å². The third kappa shape index (κ3) is 5.29. The Morgan fingerprint density at radius 2 is 2.10 bits per heavy atom. The molecule has 56 valence electrons. The summed E-state index contributed by atoms with van der Waals surface area (Å²) in [6.45, 7) is 7.36. The summed E-state index contributed by atoms with van der Waals surface area (Å²) in [5.41, 5.74) is 0. The average Bonchev–Trinajstić information content (AvgIpc) is 1.87. The molecular weight excluding hydrogens is 127 g/mol. The molecule has 0 saturated heterocycles. The lowest BCUT2D eigenvalue weighted by atomic mass is 10.2. The van der Waals surface area contributed by atoms with E-state index in [1.807, 2.05) is 19.9 Å². The molecule has 1 heteroatoms.